The predicted molar refractivity (Wildman–Crippen MR) is 120 cm³/mol. The molecule has 0 aliphatic carbocycles. The minimum Gasteiger partial charge on any atom is -0.478 e. The van der Waals surface area contributed by atoms with E-state index < -0.39 is 5.97 Å². The number of hydrogen-bond acceptors (Lipinski definition) is 3. The highest BCUT2D eigenvalue weighted by Crippen LogP contribution is 2.30. The van der Waals surface area contributed by atoms with Crippen LogP contribution in [0.2, 0.25) is 0 Å². The number of hydrogen-bond donors (Lipinski definition) is 1. The van der Waals surface area contributed by atoms with Gasteiger partial charge >= 0.3 is 5.97 Å². The van der Waals surface area contributed by atoms with Gasteiger partial charge in [0.2, 0.25) is 0 Å². The fraction of sp³-hybridized carbons (Fsp3) is 0.269. The van der Waals surface area contributed by atoms with Crippen LogP contribution in [0.25, 0.3) is 22.3 Å². The van der Waals surface area contributed by atoms with Crippen molar-refractivity contribution < 1.29 is 14.6 Å². The average Bonchev–Trinajstić information content (AvgIpc) is 2.76. The van der Waals surface area contributed by atoms with Gasteiger partial charge in [-0.25, -0.2) is 4.79 Å². The van der Waals surface area contributed by atoms with Gasteiger partial charge in [0.25, 0.3) is 0 Å². The third-order valence-corrected chi connectivity index (χ3v) is 5.94. The van der Waals surface area contributed by atoms with Crippen LogP contribution < -0.4 is 0 Å². The van der Waals surface area contributed by atoms with E-state index in [1.807, 2.05) is 13.8 Å². The molecule has 154 valence electrons. The number of benzene rings is 3. The highest BCUT2D eigenvalue weighted by molar-refractivity contribution is 5.91. The lowest BCUT2D eigenvalue weighted by atomic mass is 9.93. The van der Waals surface area contributed by atoms with E-state index in [1.165, 1.54) is 16.7 Å². The van der Waals surface area contributed by atoms with Crippen LogP contribution in [-0.4, -0.2) is 42.3 Å². The van der Waals surface area contributed by atoms with E-state index in [0.717, 1.165) is 55.1 Å². The van der Waals surface area contributed by atoms with Gasteiger partial charge in [-0.05, 0) is 58.9 Å². The summed E-state index contributed by atoms with van der Waals surface area (Å²) in [4.78, 5) is 14.0. The molecule has 1 fully saturated rings. The Morgan fingerprint density at radius 3 is 2.30 bits per heavy atom. The monoisotopic (exact) mass is 401 g/mol. The van der Waals surface area contributed by atoms with Crippen molar-refractivity contribution in [3.8, 4) is 22.3 Å². The lowest BCUT2D eigenvalue weighted by Crippen LogP contribution is -2.35. The van der Waals surface area contributed by atoms with Crippen molar-refractivity contribution in [2.45, 2.75) is 20.4 Å². The van der Waals surface area contributed by atoms with Crippen molar-refractivity contribution in [3.05, 3.63) is 82.9 Å². The Morgan fingerprint density at radius 1 is 0.933 bits per heavy atom. The van der Waals surface area contributed by atoms with Crippen molar-refractivity contribution in [2.24, 2.45) is 0 Å². The maximum absolute atomic E-state index is 11.6. The molecule has 0 bridgehead atoms. The number of nitrogens with zero attached hydrogens (tertiary/aromatic N) is 1. The number of rotatable bonds is 5. The molecule has 0 radical (unpaired) electrons. The van der Waals surface area contributed by atoms with Crippen LogP contribution in [0, 0.1) is 13.8 Å². The third kappa shape index (κ3) is 4.30. The molecule has 0 aromatic heterocycles. The molecule has 1 aliphatic rings. The fourth-order valence-corrected chi connectivity index (χ4v) is 4.03. The van der Waals surface area contributed by atoms with Crippen LogP contribution in [0.5, 0.6) is 0 Å². The molecule has 1 N–H and O–H groups in total. The van der Waals surface area contributed by atoms with E-state index in [-0.39, 0.29) is 0 Å². The Labute approximate surface area is 177 Å². The Kier molecular flexibility index (Phi) is 5.98. The zero-order chi connectivity index (χ0) is 21.1. The number of carbonyl (C=O) groups is 1. The number of carboxylic acid groups (broad SMARTS) is 1. The Hall–Kier alpha value is -2.95. The zero-order valence-corrected chi connectivity index (χ0v) is 17.5. The van der Waals surface area contributed by atoms with Crippen molar-refractivity contribution in [1.29, 1.82) is 0 Å². The largest absolute Gasteiger partial charge is 0.478 e. The van der Waals surface area contributed by atoms with Crippen LogP contribution >= 0.6 is 0 Å². The summed E-state index contributed by atoms with van der Waals surface area (Å²) in [6, 6.07) is 20.8. The molecule has 3 aromatic rings. The van der Waals surface area contributed by atoms with Crippen LogP contribution in [0.15, 0.2) is 60.7 Å². The average molecular weight is 402 g/mol. The minimum absolute atomic E-state index is 0.366. The summed E-state index contributed by atoms with van der Waals surface area (Å²) in [6.07, 6.45) is 0. The molecule has 0 spiro atoms. The molecular formula is C26H27NO3. The molecule has 4 heteroatoms. The smallest absolute Gasteiger partial charge is 0.335 e. The minimum atomic E-state index is -0.883. The first-order valence-corrected chi connectivity index (χ1v) is 10.4. The van der Waals surface area contributed by atoms with E-state index in [2.05, 4.69) is 59.5 Å². The van der Waals surface area contributed by atoms with Crippen LogP contribution in [-0.2, 0) is 11.3 Å². The standard InChI is InChI=1S/C26H27NO3/c1-18-15-23(16-25(19(18)2)26(28)29)20-7-9-21(10-8-20)24-6-4-3-5-22(24)17-27-11-13-30-14-12-27/h3-10,15-16H,11-14,17H2,1-2H3,(H,28,29). The second-order valence-corrected chi connectivity index (χ2v) is 7.89. The molecule has 1 heterocycles. The van der Waals surface area contributed by atoms with Crippen molar-refractivity contribution in [2.75, 3.05) is 26.3 Å². The molecule has 0 unspecified atom stereocenters. The molecule has 30 heavy (non-hydrogen) atoms. The van der Waals surface area contributed by atoms with Gasteiger partial charge in [0, 0.05) is 19.6 Å². The van der Waals surface area contributed by atoms with Gasteiger partial charge in [-0.3, -0.25) is 4.90 Å². The normalized spacial score (nSPS) is 14.6. The summed E-state index contributed by atoms with van der Waals surface area (Å²) in [5.74, 6) is -0.883. The number of morpholine rings is 1. The van der Waals surface area contributed by atoms with E-state index in [1.54, 1.807) is 6.07 Å². The summed E-state index contributed by atoms with van der Waals surface area (Å²) in [5, 5.41) is 9.51. The lowest BCUT2D eigenvalue weighted by molar-refractivity contribution is 0.0342. The first-order chi connectivity index (χ1) is 14.5. The summed E-state index contributed by atoms with van der Waals surface area (Å²) < 4.78 is 5.47. The van der Waals surface area contributed by atoms with E-state index in [4.69, 9.17) is 4.74 Å². The first kappa shape index (κ1) is 20.3. The van der Waals surface area contributed by atoms with Gasteiger partial charge in [0.15, 0.2) is 0 Å². The van der Waals surface area contributed by atoms with Gasteiger partial charge in [-0.1, -0.05) is 54.6 Å². The summed E-state index contributed by atoms with van der Waals surface area (Å²) >= 11 is 0. The summed E-state index contributed by atoms with van der Waals surface area (Å²) in [7, 11) is 0. The highest BCUT2D eigenvalue weighted by Gasteiger charge is 2.14. The molecule has 4 nitrogen and oxygen atoms in total. The van der Waals surface area contributed by atoms with E-state index >= 15 is 0 Å². The van der Waals surface area contributed by atoms with Gasteiger partial charge in [-0.2, -0.15) is 0 Å². The van der Waals surface area contributed by atoms with Crippen LogP contribution in [0.1, 0.15) is 27.0 Å². The SMILES string of the molecule is Cc1cc(-c2ccc(-c3ccccc3CN3CCOCC3)cc2)cc(C(=O)O)c1C. The molecule has 3 aromatic carbocycles. The second-order valence-electron chi connectivity index (χ2n) is 7.89. The lowest BCUT2D eigenvalue weighted by Gasteiger charge is -2.27. The summed E-state index contributed by atoms with van der Waals surface area (Å²) in [6.45, 7) is 8.26. The van der Waals surface area contributed by atoms with Crippen LogP contribution in [0.4, 0.5) is 0 Å². The highest BCUT2D eigenvalue weighted by atomic mass is 16.5. The number of carboxylic acids is 1. The Bertz CT molecular complexity index is 1050. The van der Waals surface area contributed by atoms with Gasteiger partial charge in [0.05, 0.1) is 18.8 Å². The molecule has 0 saturated carbocycles. The summed E-state index contributed by atoms with van der Waals surface area (Å²) in [5.41, 5.74) is 7.85. The fourth-order valence-electron chi connectivity index (χ4n) is 4.03. The van der Waals surface area contributed by atoms with Crippen molar-refractivity contribution in [1.82, 2.24) is 4.90 Å². The van der Waals surface area contributed by atoms with E-state index in [9.17, 15) is 9.90 Å². The first-order valence-electron chi connectivity index (χ1n) is 10.4. The zero-order valence-electron chi connectivity index (χ0n) is 17.5. The van der Waals surface area contributed by atoms with Gasteiger partial charge in [-0.15, -0.1) is 0 Å². The quantitative estimate of drug-likeness (QED) is 0.641. The van der Waals surface area contributed by atoms with Gasteiger partial charge in [0.1, 0.15) is 0 Å². The molecule has 4 rings (SSSR count). The van der Waals surface area contributed by atoms with Crippen molar-refractivity contribution in [3.63, 3.8) is 0 Å². The number of ether oxygens (including phenoxy) is 1. The predicted octanol–water partition coefficient (Wildman–Crippen LogP) is 5.17. The number of aromatic carboxylic acids is 1. The molecule has 1 aliphatic heterocycles. The third-order valence-electron chi connectivity index (χ3n) is 5.94. The maximum atomic E-state index is 11.6. The molecule has 0 amide bonds. The van der Waals surface area contributed by atoms with E-state index in [0.29, 0.717) is 5.56 Å². The van der Waals surface area contributed by atoms with Crippen LogP contribution in [0.3, 0.4) is 0 Å². The van der Waals surface area contributed by atoms with Gasteiger partial charge < -0.3 is 9.84 Å². The second kappa shape index (κ2) is 8.82. The Morgan fingerprint density at radius 2 is 1.60 bits per heavy atom. The topological polar surface area (TPSA) is 49.8 Å². The Balaban J connectivity index is 1.63. The van der Waals surface area contributed by atoms with Crippen molar-refractivity contribution >= 4 is 5.97 Å². The molecular weight excluding hydrogens is 374 g/mol. The molecule has 0 atom stereocenters. The molecule has 1 saturated heterocycles. The maximum Gasteiger partial charge on any atom is 0.335 e. The number of aryl methyl sites for hydroxylation is 1.